The van der Waals surface area contributed by atoms with Crippen molar-refractivity contribution in [2.75, 3.05) is 33.2 Å². The van der Waals surface area contributed by atoms with Crippen molar-refractivity contribution in [2.45, 2.75) is 44.9 Å². The first-order chi connectivity index (χ1) is 15.1. The van der Waals surface area contributed by atoms with Gasteiger partial charge in [-0.2, -0.15) is 0 Å². The summed E-state index contributed by atoms with van der Waals surface area (Å²) in [7, 11) is 1.65. The van der Waals surface area contributed by atoms with E-state index in [1.807, 2.05) is 28.0 Å². The van der Waals surface area contributed by atoms with E-state index in [2.05, 4.69) is 29.6 Å². The molecule has 0 aromatic heterocycles. The summed E-state index contributed by atoms with van der Waals surface area (Å²) in [6, 6.07) is 14.3. The Morgan fingerprint density at radius 1 is 0.774 bits per heavy atom. The van der Waals surface area contributed by atoms with Gasteiger partial charge in [-0.1, -0.05) is 55.3 Å². The average molecular weight is 424 g/mol. The molecule has 1 aliphatic heterocycles. The molecule has 3 rings (SSSR count). The first-order valence-electron chi connectivity index (χ1n) is 11.3. The third kappa shape index (κ3) is 6.81. The van der Waals surface area contributed by atoms with E-state index < -0.39 is 0 Å². The lowest BCUT2D eigenvalue weighted by Gasteiger charge is -2.35. The molecular weight excluding hydrogens is 390 g/mol. The molecule has 0 aliphatic carbocycles. The zero-order valence-electron chi connectivity index (χ0n) is 18.4. The molecule has 1 saturated heterocycles. The van der Waals surface area contributed by atoms with Gasteiger partial charge in [-0.3, -0.25) is 14.4 Å². The molecular formula is C25H33N3O3. The fraction of sp³-hybridized carbons (Fsp3) is 0.480. The topological polar surface area (TPSA) is 69.7 Å². The van der Waals surface area contributed by atoms with Gasteiger partial charge in [0.15, 0.2) is 0 Å². The lowest BCUT2D eigenvalue weighted by molar-refractivity contribution is -0.139. The summed E-state index contributed by atoms with van der Waals surface area (Å²) in [6.07, 6.45) is 5.16. The van der Waals surface area contributed by atoms with Crippen molar-refractivity contribution in [3.8, 4) is 0 Å². The van der Waals surface area contributed by atoms with Crippen LogP contribution in [0.2, 0.25) is 0 Å². The first-order valence-corrected chi connectivity index (χ1v) is 11.3. The smallest absolute Gasteiger partial charge is 0.227 e. The molecule has 1 aliphatic rings. The van der Waals surface area contributed by atoms with Gasteiger partial charge in [-0.15, -0.1) is 0 Å². The Labute approximate surface area is 184 Å². The van der Waals surface area contributed by atoms with Crippen molar-refractivity contribution >= 4 is 28.5 Å². The van der Waals surface area contributed by atoms with Crippen molar-refractivity contribution in [3.63, 3.8) is 0 Å². The number of hydrogen-bond donors (Lipinski definition) is 1. The largest absolute Gasteiger partial charge is 0.359 e. The number of unbranched alkanes of at least 4 members (excludes halogenated alkanes) is 3. The number of fused-ring (bicyclic) bond motifs is 1. The van der Waals surface area contributed by atoms with Gasteiger partial charge < -0.3 is 15.1 Å². The Hall–Kier alpha value is -2.89. The highest BCUT2D eigenvalue weighted by Crippen LogP contribution is 2.17. The maximum atomic E-state index is 12.7. The van der Waals surface area contributed by atoms with Crippen molar-refractivity contribution in [3.05, 3.63) is 48.0 Å². The quantitative estimate of drug-likeness (QED) is 0.630. The summed E-state index contributed by atoms with van der Waals surface area (Å²) in [5.41, 5.74) is 1.03. The van der Waals surface area contributed by atoms with Gasteiger partial charge in [0.1, 0.15) is 0 Å². The van der Waals surface area contributed by atoms with Gasteiger partial charge in [-0.05, 0) is 29.2 Å². The summed E-state index contributed by atoms with van der Waals surface area (Å²) >= 11 is 0. The number of carbonyl (C=O) groups is 3. The normalized spacial score (nSPS) is 14.0. The minimum absolute atomic E-state index is 0.0732. The van der Waals surface area contributed by atoms with Crippen LogP contribution in [-0.2, 0) is 20.8 Å². The maximum Gasteiger partial charge on any atom is 0.227 e. The van der Waals surface area contributed by atoms with Crippen molar-refractivity contribution in [2.24, 2.45) is 0 Å². The summed E-state index contributed by atoms with van der Waals surface area (Å²) < 4.78 is 0. The molecule has 3 amide bonds. The van der Waals surface area contributed by atoms with E-state index in [0.29, 0.717) is 45.4 Å². The lowest BCUT2D eigenvalue weighted by Crippen LogP contribution is -2.50. The number of amides is 3. The van der Waals surface area contributed by atoms with Crippen LogP contribution in [0.5, 0.6) is 0 Å². The van der Waals surface area contributed by atoms with Crippen LogP contribution in [0.4, 0.5) is 0 Å². The molecule has 0 bridgehead atoms. The van der Waals surface area contributed by atoms with E-state index in [1.165, 1.54) is 5.39 Å². The number of benzene rings is 2. The Kier molecular flexibility index (Phi) is 8.44. The van der Waals surface area contributed by atoms with E-state index in [0.717, 1.165) is 36.6 Å². The van der Waals surface area contributed by atoms with Gasteiger partial charge in [0, 0.05) is 46.1 Å². The van der Waals surface area contributed by atoms with Crippen molar-refractivity contribution < 1.29 is 14.4 Å². The van der Waals surface area contributed by atoms with E-state index in [4.69, 9.17) is 0 Å². The van der Waals surface area contributed by atoms with Crippen LogP contribution >= 0.6 is 0 Å². The second-order valence-corrected chi connectivity index (χ2v) is 8.21. The summed E-state index contributed by atoms with van der Waals surface area (Å²) in [6.45, 7) is 2.42. The van der Waals surface area contributed by atoms with Gasteiger partial charge in [0.05, 0.1) is 6.42 Å². The summed E-state index contributed by atoms with van der Waals surface area (Å²) in [5, 5.41) is 4.95. The number of carbonyl (C=O) groups excluding carboxylic acids is 3. The Morgan fingerprint density at radius 2 is 1.39 bits per heavy atom. The molecule has 0 atom stereocenters. The minimum atomic E-state index is 0.0732. The van der Waals surface area contributed by atoms with Crippen LogP contribution in [0.25, 0.3) is 10.8 Å². The molecule has 1 heterocycles. The molecule has 6 nitrogen and oxygen atoms in total. The number of nitrogens with one attached hydrogen (secondary N) is 1. The van der Waals surface area contributed by atoms with Crippen LogP contribution in [0.1, 0.15) is 44.1 Å². The van der Waals surface area contributed by atoms with E-state index in [-0.39, 0.29) is 17.7 Å². The molecule has 31 heavy (non-hydrogen) atoms. The number of nitrogens with zero attached hydrogens (tertiary/aromatic N) is 2. The highest BCUT2D eigenvalue weighted by atomic mass is 16.2. The predicted molar refractivity (Wildman–Crippen MR) is 123 cm³/mol. The molecule has 2 aromatic rings. The van der Waals surface area contributed by atoms with E-state index in [1.54, 1.807) is 7.05 Å². The molecule has 0 unspecified atom stereocenters. The monoisotopic (exact) mass is 423 g/mol. The fourth-order valence-electron chi connectivity index (χ4n) is 4.04. The van der Waals surface area contributed by atoms with Gasteiger partial charge in [0.2, 0.25) is 17.7 Å². The minimum Gasteiger partial charge on any atom is -0.359 e. The maximum absolute atomic E-state index is 12.7. The first kappa shape index (κ1) is 22.8. The molecule has 2 aromatic carbocycles. The SMILES string of the molecule is CNC(=O)CCCCCCC(=O)N1CCN(C(=O)Cc2ccc3ccccc3c2)CC1. The van der Waals surface area contributed by atoms with Gasteiger partial charge in [-0.25, -0.2) is 0 Å². The zero-order valence-corrected chi connectivity index (χ0v) is 18.4. The highest BCUT2D eigenvalue weighted by Gasteiger charge is 2.23. The Balaban J connectivity index is 1.36. The second-order valence-electron chi connectivity index (χ2n) is 8.21. The van der Waals surface area contributed by atoms with Crippen molar-refractivity contribution in [1.82, 2.24) is 15.1 Å². The van der Waals surface area contributed by atoms with Crippen LogP contribution in [0.3, 0.4) is 0 Å². The Morgan fingerprint density at radius 3 is 2.06 bits per heavy atom. The Bertz CT molecular complexity index is 904. The summed E-state index contributed by atoms with van der Waals surface area (Å²) in [4.78, 5) is 40.1. The van der Waals surface area contributed by atoms with Crippen molar-refractivity contribution in [1.29, 1.82) is 0 Å². The second kappa shape index (κ2) is 11.5. The molecule has 0 spiro atoms. The third-order valence-corrected chi connectivity index (χ3v) is 5.98. The molecule has 0 radical (unpaired) electrons. The molecule has 1 fully saturated rings. The predicted octanol–water partition coefficient (Wildman–Crippen LogP) is 3.14. The number of hydrogen-bond acceptors (Lipinski definition) is 3. The standard InChI is InChI=1S/C25H33N3O3/c1-26-23(29)10-4-2-3-5-11-24(30)27-14-16-28(17-15-27)25(31)19-20-12-13-21-8-6-7-9-22(21)18-20/h6-9,12-13,18H,2-5,10-11,14-17,19H2,1H3,(H,26,29). The molecule has 6 heteroatoms. The number of rotatable bonds is 9. The van der Waals surface area contributed by atoms with Crippen LogP contribution in [-0.4, -0.2) is 60.7 Å². The van der Waals surface area contributed by atoms with E-state index >= 15 is 0 Å². The third-order valence-electron chi connectivity index (χ3n) is 5.98. The fourth-order valence-corrected chi connectivity index (χ4v) is 4.04. The molecule has 1 N–H and O–H groups in total. The lowest BCUT2D eigenvalue weighted by atomic mass is 10.0. The zero-order chi connectivity index (χ0) is 22.1. The highest BCUT2D eigenvalue weighted by molar-refractivity contribution is 5.85. The van der Waals surface area contributed by atoms with Gasteiger partial charge in [0.25, 0.3) is 0 Å². The molecule has 166 valence electrons. The van der Waals surface area contributed by atoms with E-state index in [9.17, 15) is 14.4 Å². The van der Waals surface area contributed by atoms with Gasteiger partial charge >= 0.3 is 0 Å². The summed E-state index contributed by atoms with van der Waals surface area (Å²) in [5.74, 6) is 0.371. The van der Waals surface area contributed by atoms with Crippen LogP contribution in [0, 0.1) is 0 Å². The van der Waals surface area contributed by atoms with Crippen LogP contribution < -0.4 is 5.32 Å². The van der Waals surface area contributed by atoms with Crippen LogP contribution in [0.15, 0.2) is 42.5 Å². The average Bonchev–Trinajstić information content (AvgIpc) is 2.80. The number of piperazine rings is 1. The molecule has 0 saturated carbocycles.